The molecule has 0 saturated heterocycles. The van der Waals surface area contributed by atoms with Gasteiger partial charge in [-0.25, -0.2) is 0 Å². The second kappa shape index (κ2) is 7.84. The molecule has 3 N–H and O–H groups in total. The van der Waals surface area contributed by atoms with Crippen LogP contribution in [0.4, 0.5) is 5.69 Å². The van der Waals surface area contributed by atoms with Crippen LogP contribution in [0.3, 0.4) is 0 Å². The van der Waals surface area contributed by atoms with Gasteiger partial charge in [-0.15, -0.1) is 0 Å². The summed E-state index contributed by atoms with van der Waals surface area (Å²) in [7, 11) is 0. The van der Waals surface area contributed by atoms with Crippen molar-refractivity contribution in [1.82, 2.24) is 5.32 Å². The highest BCUT2D eigenvalue weighted by Gasteiger charge is 2.29. The third-order valence-corrected chi connectivity index (χ3v) is 4.75. The fraction of sp³-hybridized carbons (Fsp3) is 0.529. The van der Waals surface area contributed by atoms with Crippen LogP contribution in [0.2, 0.25) is 0 Å². The largest absolute Gasteiger partial charge is 0.390 e. The smallest absolute Gasteiger partial charge is 0.251 e. The topological polar surface area (TPSA) is 78.4 Å². The summed E-state index contributed by atoms with van der Waals surface area (Å²) in [5, 5.41) is 15.3. The van der Waals surface area contributed by atoms with Crippen LogP contribution in [0.1, 0.15) is 37.0 Å². The normalized spacial score (nSPS) is 14.4. The van der Waals surface area contributed by atoms with E-state index in [9.17, 15) is 14.7 Å². The van der Waals surface area contributed by atoms with Crippen molar-refractivity contribution in [2.45, 2.75) is 32.3 Å². The van der Waals surface area contributed by atoms with Gasteiger partial charge in [-0.2, -0.15) is 11.8 Å². The Kier molecular flexibility index (Phi) is 6.07. The molecule has 0 radical (unpaired) electrons. The number of carbonyl (C=O) groups excluding carboxylic acids is 2. The Morgan fingerprint density at radius 3 is 2.48 bits per heavy atom. The summed E-state index contributed by atoms with van der Waals surface area (Å²) >= 11 is 1.60. The Hall–Kier alpha value is -1.53. The van der Waals surface area contributed by atoms with Gasteiger partial charge in [0, 0.05) is 35.2 Å². The summed E-state index contributed by atoms with van der Waals surface area (Å²) in [4.78, 5) is 23.7. The maximum Gasteiger partial charge on any atom is 0.251 e. The van der Waals surface area contributed by atoms with Crippen molar-refractivity contribution in [3.8, 4) is 0 Å². The number of hydrogen-bond acceptors (Lipinski definition) is 4. The third-order valence-electron chi connectivity index (χ3n) is 3.35. The van der Waals surface area contributed by atoms with Crippen LogP contribution in [0.15, 0.2) is 24.3 Å². The summed E-state index contributed by atoms with van der Waals surface area (Å²) in [6.45, 7) is 4.09. The van der Waals surface area contributed by atoms with Crippen LogP contribution in [0, 0.1) is 5.92 Å². The highest BCUT2D eigenvalue weighted by Crippen LogP contribution is 2.30. The van der Waals surface area contributed by atoms with Gasteiger partial charge < -0.3 is 15.7 Å². The molecular formula is C17H24N2O3S. The SMILES string of the molecule is CC(C)(O)CSCCNC(=O)c1ccc(NC(=O)C2CC2)cc1. The fourth-order valence-electron chi connectivity index (χ4n) is 1.96. The highest BCUT2D eigenvalue weighted by atomic mass is 32.2. The van der Waals surface area contributed by atoms with Gasteiger partial charge in [0.1, 0.15) is 0 Å². The standard InChI is InChI=1S/C17H24N2O3S/c1-17(2,22)11-23-10-9-18-15(20)12-5-7-14(8-6-12)19-16(21)13-3-4-13/h5-8,13,22H,3-4,9-11H2,1-2H3,(H,18,20)(H,19,21). The Morgan fingerprint density at radius 2 is 1.91 bits per heavy atom. The quantitative estimate of drug-likeness (QED) is 0.636. The Bertz CT molecular complexity index is 548. The van der Waals surface area contributed by atoms with Crippen molar-refractivity contribution >= 4 is 29.3 Å². The average molecular weight is 336 g/mol. The zero-order chi connectivity index (χ0) is 16.9. The molecule has 1 aromatic carbocycles. The molecule has 1 aromatic rings. The van der Waals surface area contributed by atoms with Crippen molar-refractivity contribution in [2.75, 3.05) is 23.4 Å². The van der Waals surface area contributed by atoms with Gasteiger partial charge in [-0.3, -0.25) is 9.59 Å². The molecule has 0 atom stereocenters. The lowest BCUT2D eigenvalue weighted by atomic mass is 10.2. The second-order valence-electron chi connectivity index (χ2n) is 6.46. The Balaban J connectivity index is 1.71. The minimum Gasteiger partial charge on any atom is -0.390 e. The predicted molar refractivity (Wildman–Crippen MR) is 93.8 cm³/mol. The van der Waals surface area contributed by atoms with Crippen LogP contribution in [0.5, 0.6) is 0 Å². The summed E-state index contributed by atoms with van der Waals surface area (Å²) < 4.78 is 0. The zero-order valence-electron chi connectivity index (χ0n) is 13.6. The molecule has 6 heteroatoms. The van der Waals surface area contributed by atoms with Crippen molar-refractivity contribution in [3.05, 3.63) is 29.8 Å². The number of nitrogens with one attached hydrogen (secondary N) is 2. The molecule has 5 nitrogen and oxygen atoms in total. The highest BCUT2D eigenvalue weighted by molar-refractivity contribution is 7.99. The van der Waals surface area contributed by atoms with Gasteiger partial charge in [0.15, 0.2) is 0 Å². The average Bonchev–Trinajstić information content (AvgIpc) is 3.31. The first-order valence-electron chi connectivity index (χ1n) is 7.84. The molecule has 1 aliphatic rings. The van der Waals surface area contributed by atoms with Crippen molar-refractivity contribution in [2.24, 2.45) is 5.92 Å². The molecule has 1 aliphatic carbocycles. The lowest BCUT2D eigenvalue weighted by Crippen LogP contribution is -2.27. The monoisotopic (exact) mass is 336 g/mol. The predicted octanol–water partition coefficient (Wildman–Crippen LogP) is 2.27. The van der Waals surface area contributed by atoms with Crippen molar-refractivity contribution in [3.63, 3.8) is 0 Å². The molecule has 0 aliphatic heterocycles. The van der Waals surface area contributed by atoms with E-state index in [1.165, 1.54) is 0 Å². The first-order chi connectivity index (χ1) is 10.8. The van der Waals surface area contributed by atoms with Crippen LogP contribution in [0.25, 0.3) is 0 Å². The minimum absolute atomic E-state index is 0.0611. The van der Waals surface area contributed by atoms with Crippen molar-refractivity contribution < 1.29 is 14.7 Å². The number of aliphatic hydroxyl groups is 1. The van der Waals surface area contributed by atoms with Gasteiger partial charge in [-0.1, -0.05) is 0 Å². The molecular weight excluding hydrogens is 312 g/mol. The first kappa shape index (κ1) is 17.8. The molecule has 0 aromatic heterocycles. The zero-order valence-corrected chi connectivity index (χ0v) is 14.4. The van der Waals surface area contributed by atoms with E-state index in [0.717, 1.165) is 24.3 Å². The summed E-state index contributed by atoms with van der Waals surface area (Å²) in [6, 6.07) is 6.92. The van der Waals surface area contributed by atoms with E-state index in [0.29, 0.717) is 17.9 Å². The number of benzene rings is 1. The van der Waals surface area contributed by atoms with Gasteiger partial charge >= 0.3 is 0 Å². The number of thioether (sulfide) groups is 1. The molecule has 0 spiro atoms. The van der Waals surface area contributed by atoms with Crippen LogP contribution in [-0.4, -0.2) is 40.6 Å². The lowest BCUT2D eigenvalue weighted by molar-refractivity contribution is -0.117. The summed E-state index contributed by atoms with van der Waals surface area (Å²) in [5.74, 6) is 1.49. The number of amides is 2. The molecule has 0 heterocycles. The van der Waals surface area contributed by atoms with Crippen LogP contribution >= 0.6 is 11.8 Å². The van der Waals surface area contributed by atoms with E-state index in [2.05, 4.69) is 10.6 Å². The molecule has 2 amide bonds. The van der Waals surface area contributed by atoms with E-state index in [1.54, 1.807) is 49.9 Å². The molecule has 2 rings (SSSR count). The van der Waals surface area contributed by atoms with Crippen molar-refractivity contribution in [1.29, 1.82) is 0 Å². The molecule has 0 unspecified atom stereocenters. The molecule has 1 fully saturated rings. The summed E-state index contributed by atoms with van der Waals surface area (Å²) in [6.07, 6.45) is 1.94. The van der Waals surface area contributed by atoms with E-state index >= 15 is 0 Å². The first-order valence-corrected chi connectivity index (χ1v) is 9.00. The Morgan fingerprint density at radius 1 is 1.26 bits per heavy atom. The number of carbonyl (C=O) groups is 2. The maximum atomic E-state index is 12.0. The maximum absolute atomic E-state index is 12.0. The van der Waals surface area contributed by atoms with Crippen LogP contribution in [-0.2, 0) is 4.79 Å². The van der Waals surface area contributed by atoms with E-state index in [1.807, 2.05) is 0 Å². The van der Waals surface area contributed by atoms with Gasteiger partial charge in [-0.05, 0) is 51.0 Å². The minimum atomic E-state index is -0.685. The van der Waals surface area contributed by atoms with E-state index in [-0.39, 0.29) is 17.7 Å². The third kappa shape index (κ3) is 6.62. The van der Waals surface area contributed by atoms with Crippen LogP contribution < -0.4 is 10.6 Å². The van der Waals surface area contributed by atoms with E-state index in [4.69, 9.17) is 0 Å². The lowest BCUT2D eigenvalue weighted by Gasteiger charge is -2.16. The molecule has 126 valence electrons. The number of anilines is 1. The van der Waals surface area contributed by atoms with Gasteiger partial charge in [0.2, 0.25) is 5.91 Å². The number of rotatable bonds is 8. The fourth-order valence-corrected chi connectivity index (χ4v) is 2.85. The summed E-state index contributed by atoms with van der Waals surface area (Å²) in [5.41, 5.74) is 0.608. The van der Waals surface area contributed by atoms with E-state index < -0.39 is 5.60 Å². The number of hydrogen-bond donors (Lipinski definition) is 3. The van der Waals surface area contributed by atoms with Gasteiger partial charge in [0.25, 0.3) is 5.91 Å². The Labute approximate surface area is 141 Å². The molecule has 1 saturated carbocycles. The van der Waals surface area contributed by atoms with Gasteiger partial charge in [0.05, 0.1) is 5.60 Å². The molecule has 23 heavy (non-hydrogen) atoms. The second-order valence-corrected chi connectivity index (χ2v) is 7.57. The molecule has 0 bridgehead atoms.